The molecular weight excluding hydrogens is 476 g/mol. The van der Waals surface area contributed by atoms with Crippen LogP contribution in [0.5, 0.6) is 5.75 Å². The first kappa shape index (κ1) is 24.0. The zero-order chi connectivity index (χ0) is 23.8. The number of fused-ring (bicyclic) bond motifs is 1. The monoisotopic (exact) mass is 494 g/mol. The number of halogens is 1. The SMILES string of the molecule is O=C(COC(=O)CCN=C1NS(=O)(=O)c2ccccc21)NNC(=O)COc1ccc(Cl)cc1. The molecule has 2 aromatic carbocycles. The number of hydrazine groups is 1. The lowest BCUT2D eigenvalue weighted by atomic mass is 10.2. The van der Waals surface area contributed by atoms with E-state index in [4.69, 9.17) is 21.1 Å². The lowest BCUT2D eigenvalue weighted by Crippen LogP contribution is -2.45. The zero-order valence-electron chi connectivity index (χ0n) is 17.0. The minimum Gasteiger partial charge on any atom is -0.484 e. The standard InChI is InChI=1S/C20H19ClN4O7S/c21-13-5-7-14(8-6-13)31-11-17(26)23-24-18(27)12-32-19(28)9-10-22-20-15-3-1-2-4-16(15)33(29,30)25-20/h1-8H,9-12H2,(H,22,25)(H,23,26)(H,24,27). The summed E-state index contributed by atoms with van der Waals surface area (Å²) in [6.45, 7) is -1.02. The van der Waals surface area contributed by atoms with Crippen molar-refractivity contribution in [1.29, 1.82) is 0 Å². The van der Waals surface area contributed by atoms with E-state index < -0.39 is 34.4 Å². The van der Waals surface area contributed by atoms with Gasteiger partial charge in [-0.25, -0.2) is 8.42 Å². The molecule has 3 N–H and O–H groups in total. The first-order valence-electron chi connectivity index (χ1n) is 9.53. The average molecular weight is 495 g/mol. The van der Waals surface area contributed by atoms with Crippen molar-refractivity contribution in [3.05, 3.63) is 59.1 Å². The van der Waals surface area contributed by atoms with Gasteiger partial charge in [-0.1, -0.05) is 23.7 Å². The van der Waals surface area contributed by atoms with Crippen LogP contribution in [0, 0.1) is 0 Å². The second-order valence-corrected chi connectivity index (χ2v) is 8.67. The second-order valence-electron chi connectivity index (χ2n) is 6.58. The van der Waals surface area contributed by atoms with Gasteiger partial charge in [-0.15, -0.1) is 0 Å². The van der Waals surface area contributed by atoms with Crippen molar-refractivity contribution in [2.24, 2.45) is 4.99 Å². The Bertz CT molecular complexity index is 1180. The molecular formula is C20H19ClN4O7S. The Balaban J connectivity index is 1.34. The molecule has 0 saturated heterocycles. The van der Waals surface area contributed by atoms with E-state index in [9.17, 15) is 22.8 Å². The minimum atomic E-state index is -3.66. The van der Waals surface area contributed by atoms with Gasteiger partial charge in [-0.05, 0) is 36.4 Å². The topological polar surface area (TPSA) is 152 Å². The van der Waals surface area contributed by atoms with Gasteiger partial charge in [0, 0.05) is 10.6 Å². The van der Waals surface area contributed by atoms with Crippen molar-refractivity contribution in [3.8, 4) is 5.75 Å². The zero-order valence-corrected chi connectivity index (χ0v) is 18.6. The van der Waals surface area contributed by atoms with Gasteiger partial charge in [0.25, 0.3) is 21.8 Å². The van der Waals surface area contributed by atoms with Crippen LogP contribution in [0.15, 0.2) is 58.4 Å². The summed E-state index contributed by atoms with van der Waals surface area (Å²) in [7, 11) is -3.66. The number of nitrogens with zero attached hydrogens (tertiary/aromatic N) is 1. The number of hydrogen-bond acceptors (Lipinski definition) is 8. The van der Waals surface area contributed by atoms with E-state index in [1.807, 2.05) is 0 Å². The van der Waals surface area contributed by atoms with E-state index >= 15 is 0 Å². The number of amides is 2. The second kappa shape index (κ2) is 10.8. The molecule has 13 heteroatoms. The van der Waals surface area contributed by atoms with Crippen LogP contribution >= 0.6 is 11.6 Å². The van der Waals surface area contributed by atoms with Crippen LogP contribution in [0.2, 0.25) is 5.02 Å². The molecule has 0 aliphatic carbocycles. The molecule has 2 aromatic rings. The number of hydrogen-bond donors (Lipinski definition) is 3. The summed E-state index contributed by atoms with van der Waals surface area (Å²) < 4.78 is 36.3. The highest BCUT2D eigenvalue weighted by atomic mass is 35.5. The molecule has 0 fully saturated rings. The lowest BCUT2D eigenvalue weighted by molar-refractivity contribution is -0.148. The van der Waals surface area contributed by atoms with Gasteiger partial charge in [0.05, 0.1) is 17.9 Å². The molecule has 33 heavy (non-hydrogen) atoms. The molecule has 0 unspecified atom stereocenters. The fourth-order valence-electron chi connectivity index (χ4n) is 2.62. The highest BCUT2D eigenvalue weighted by molar-refractivity contribution is 7.90. The van der Waals surface area contributed by atoms with Crippen LogP contribution in [0.25, 0.3) is 0 Å². The normalized spacial score (nSPS) is 14.6. The third-order valence-electron chi connectivity index (χ3n) is 4.14. The summed E-state index contributed by atoms with van der Waals surface area (Å²) in [5.74, 6) is -1.54. The van der Waals surface area contributed by atoms with Crippen molar-refractivity contribution in [2.45, 2.75) is 11.3 Å². The molecule has 174 valence electrons. The van der Waals surface area contributed by atoms with Crippen LogP contribution in [-0.4, -0.2) is 51.8 Å². The maximum Gasteiger partial charge on any atom is 0.308 e. The van der Waals surface area contributed by atoms with E-state index in [1.54, 1.807) is 42.5 Å². The molecule has 1 heterocycles. The molecule has 11 nitrogen and oxygen atoms in total. The number of rotatable bonds is 8. The molecule has 2 amide bonds. The summed E-state index contributed by atoms with van der Waals surface area (Å²) in [6, 6.07) is 12.7. The van der Waals surface area contributed by atoms with E-state index in [0.717, 1.165) is 0 Å². The molecule has 1 aliphatic rings. The first-order valence-corrected chi connectivity index (χ1v) is 11.4. The number of carbonyl (C=O) groups is 3. The van der Waals surface area contributed by atoms with Gasteiger partial charge in [0.15, 0.2) is 13.2 Å². The lowest BCUT2D eigenvalue weighted by Gasteiger charge is -2.09. The van der Waals surface area contributed by atoms with Crippen LogP contribution in [-0.2, 0) is 29.1 Å². The first-order chi connectivity index (χ1) is 15.7. The average Bonchev–Trinajstić information content (AvgIpc) is 3.06. The predicted octanol–water partition coefficient (Wildman–Crippen LogP) is 0.538. The highest BCUT2D eigenvalue weighted by Gasteiger charge is 2.29. The Kier molecular flexibility index (Phi) is 7.85. The highest BCUT2D eigenvalue weighted by Crippen LogP contribution is 2.22. The van der Waals surface area contributed by atoms with Crippen LogP contribution in [0.3, 0.4) is 0 Å². The molecule has 3 rings (SSSR count). The van der Waals surface area contributed by atoms with Gasteiger partial charge in [0.1, 0.15) is 11.6 Å². The number of esters is 1. The fourth-order valence-corrected chi connectivity index (χ4v) is 4.00. The van der Waals surface area contributed by atoms with Crippen molar-refractivity contribution < 1.29 is 32.3 Å². The Labute approximate surface area is 194 Å². The van der Waals surface area contributed by atoms with Crippen molar-refractivity contribution in [3.63, 3.8) is 0 Å². The van der Waals surface area contributed by atoms with Gasteiger partial charge in [-0.3, -0.25) is 34.9 Å². The van der Waals surface area contributed by atoms with Crippen molar-refractivity contribution >= 4 is 45.2 Å². The van der Waals surface area contributed by atoms with Gasteiger partial charge >= 0.3 is 5.97 Å². The molecule has 0 radical (unpaired) electrons. The molecule has 0 saturated carbocycles. The van der Waals surface area contributed by atoms with Crippen LogP contribution < -0.4 is 20.3 Å². The van der Waals surface area contributed by atoms with Crippen LogP contribution in [0.1, 0.15) is 12.0 Å². The summed E-state index contributed by atoms with van der Waals surface area (Å²) in [6.07, 6.45) is -0.179. The largest absolute Gasteiger partial charge is 0.484 e. The van der Waals surface area contributed by atoms with Gasteiger partial charge in [0.2, 0.25) is 0 Å². The molecule has 0 bridgehead atoms. The summed E-state index contributed by atoms with van der Waals surface area (Å²) in [5.41, 5.74) is 4.62. The Hall–Kier alpha value is -3.64. The number of amidine groups is 1. The van der Waals surface area contributed by atoms with E-state index in [2.05, 4.69) is 20.6 Å². The number of nitrogens with one attached hydrogen (secondary N) is 3. The van der Waals surface area contributed by atoms with E-state index in [0.29, 0.717) is 16.3 Å². The molecule has 0 atom stereocenters. The third-order valence-corrected chi connectivity index (χ3v) is 5.79. The number of aliphatic imine (C=N–C) groups is 1. The number of benzene rings is 2. The third kappa shape index (κ3) is 6.92. The van der Waals surface area contributed by atoms with E-state index in [-0.39, 0.29) is 30.3 Å². The summed E-state index contributed by atoms with van der Waals surface area (Å²) >= 11 is 5.75. The predicted molar refractivity (Wildman–Crippen MR) is 117 cm³/mol. The molecule has 0 aromatic heterocycles. The fraction of sp³-hybridized carbons (Fsp3) is 0.200. The van der Waals surface area contributed by atoms with Crippen LogP contribution in [0.4, 0.5) is 0 Å². The maximum atomic E-state index is 12.0. The summed E-state index contributed by atoms with van der Waals surface area (Å²) in [5, 5.41) is 0.523. The van der Waals surface area contributed by atoms with Crippen molar-refractivity contribution in [2.75, 3.05) is 19.8 Å². The van der Waals surface area contributed by atoms with Crippen molar-refractivity contribution in [1.82, 2.24) is 15.6 Å². The van der Waals surface area contributed by atoms with E-state index in [1.165, 1.54) is 6.07 Å². The Morgan fingerprint density at radius 3 is 2.36 bits per heavy atom. The quantitative estimate of drug-likeness (QED) is 0.357. The Morgan fingerprint density at radius 2 is 1.64 bits per heavy atom. The van der Waals surface area contributed by atoms with Gasteiger partial charge in [-0.2, -0.15) is 0 Å². The Morgan fingerprint density at radius 1 is 0.970 bits per heavy atom. The maximum absolute atomic E-state index is 12.0. The number of ether oxygens (including phenoxy) is 2. The number of carbonyl (C=O) groups excluding carboxylic acids is 3. The minimum absolute atomic E-state index is 0.0502. The molecule has 0 spiro atoms. The number of sulfonamides is 1. The smallest absolute Gasteiger partial charge is 0.308 e. The molecule has 1 aliphatic heterocycles. The van der Waals surface area contributed by atoms with Gasteiger partial charge < -0.3 is 9.47 Å². The summed E-state index contributed by atoms with van der Waals surface area (Å²) in [4.78, 5) is 39.4.